The number of rotatable bonds is 3. The van der Waals surface area contributed by atoms with Gasteiger partial charge in [-0.25, -0.2) is 0 Å². The summed E-state index contributed by atoms with van der Waals surface area (Å²) in [6.07, 6.45) is 1.30. The molecule has 1 fully saturated rings. The molecule has 5 heteroatoms. The highest BCUT2D eigenvalue weighted by molar-refractivity contribution is 6.05. The van der Waals surface area contributed by atoms with Crippen LogP contribution in [0.5, 0.6) is 0 Å². The molecular weight excluding hydrogens is 256 g/mol. The van der Waals surface area contributed by atoms with Crippen LogP contribution in [0.2, 0.25) is 0 Å². The maximum absolute atomic E-state index is 12.2. The molecule has 5 nitrogen and oxygen atoms in total. The van der Waals surface area contributed by atoms with Gasteiger partial charge < -0.3 is 15.1 Å². The van der Waals surface area contributed by atoms with Gasteiger partial charge in [-0.05, 0) is 25.5 Å². The molecule has 20 heavy (non-hydrogen) atoms. The van der Waals surface area contributed by atoms with Crippen LogP contribution in [0.1, 0.15) is 29.0 Å². The zero-order valence-electron chi connectivity index (χ0n) is 11.2. The van der Waals surface area contributed by atoms with E-state index >= 15 is 0 Å². The quantitative estimate of drug-likeness (QED) is 0.894. The van der Waals surface area contributed by atoms with Crippen LogP contribution in [0.25, 0.3) is 11.0 Å². The maximum Gasteiger partial charge on any atom is 0.255 e. The van der Waals surface area contributed by atoms with Crippen molar-refractivity contribution >= 4 is 22.8 Å². The van der Waals surface area contributed by atoms with Crippen molar-refractivity contribution < 1.29 is 14.0 Å². The molecule has 104 valence electrons. The SMILES string of the molecule is Cc1cc2cccc(C(=O)NC[C@H]3CCC(=O)N3)c2o1. The number of fused-ring (bicyclic) bond motifs is 1. The van der Waals surface area contributed by atoms with E-state index in [0.29, 0.717) is 24.1 Å². The predicted molar refractivity (Wildman–Crippen MR) is 74.4 cm³/mol. The third kappa shape index (κ3) is 2.39. The summed E-state index contributed by atoms with van der Waals surface area (Å²) < 4.78 is 5.58. The summed E-state index contributed by atoms with van der Waals surface area (Å²) in [6, 6.07) is 7.43. The Bertz CT molecular complexity index is 675. The first kappa shape index (κ1) is 12.7. The number of hydrogen-bond donors (Lipinski definition) is 2. The fraction of sp³-hybridized carbons (Fsp3) is 0.333. The lowest BCUT2D eigenvalue weighted by molar-refractivity contribution is -0.119. The second-order valence-corrected chi connectivity index (χ2v) is 5.09. The summed E-state index contributed by atoms with van der Waals surface area (Å²) in [5.74, 6) is 0.655. The molecule has 0 aliphatic carbocycles. The fourth-order valence-corrected chi connectivity index (χ4v) is 2.51. The topological polar surface area (TPSA) is 71.3 Å². The molecule has 0 radical (unpaired) electrons. The molecule has 2 N–H and O–H groups in total. The molecule has 1 saturated heterocycles. The third-order valence-corrected chi connectivity index (χ3v) is 3.51. The summed E-state index contributed by atoms with van der Waals surface area (Å²) >= 11 is 0. The lowest BCUT2D eigenvalue weighted by atomic mass is 10.1. The van der Waals surface area contributed by atoms with Crippen LogP contribution >= 0.6 is 0 Å². The van der Waals surface area contributed by atoms with Gasteiger partial charge >= 0.3 is 0 Å². The van der Waals surface area contributed by atoms with Gasteiger partial charge in [0, 0.05) is 24.4 Å². The van der Waals surface area contributed by atoms with Gasteiger partial charge in [0.2, 0.25) is 5.91 Å². The van der Waals surface area contributed by atoms with Crippen LogP contribution in [-0.2, 0) is 4.79 Å². The highest BCUT2D eigenvalue weighted by atomic mass is 16.3. The van der Waals surface area contributed by atoms with Crippen molar-refractivity contribution in [1.82, 2.24) is 10.6 Å². The zero-order valence-corrected chi connectivity index (χ0v) is 11.2. The smallest absolute Gasteiger partial charge is 0.255 e. The van der Waals surface area contributed by atoms with Gasteiger partial charge in [-0.1, -0.05) is 12.1 Å². The van der Waals surface area contributed by atoms with E-state index in [1.807, 2.05) is 25.1 Å². The number of aryl methyl sites for hydroxylation is 1. The normalized spacial score (nSPS) is 18.2. The molecule has 2 aromatic rings. The number of hydrogen-bond acceptors (Lipinski definition) is 3. The van der Waals surface area contributed by atoms with Gasteiger partial charge in [0.05, 0.1) is 5.56 Å². The Morgan fingerprint density at radius 1 is 1.50 bits per heavy atom. The number of carbonyl (C=O) groups excluding carboxylic acids is 2. The van der Waals surface area contributed by atoms with Gasteiger partial charge in [0.1, 0.15) is 11.3 Å². The summed E-state index contributed by atoms with van der Waals surface area (Å²) in [7, 11) is 0. The molecule has 1 aromatic carbocycles. The van der Waals surface area contributed by atoms with Crippen LogP contribution in [0.15, 0.2) is 28.7 Å². The molecule has 2 amide bonds. The monoisotopic (exact) mass is 272 g/mol. The summed E-state index contributed by atoms with van der Waals surface area (Å²) in [6.45, 7) is 2.30. The van der Waals surface area contributed by atoms with Gasteiger partial charge in [-0.15, -0.1) is 0 Å². The van der Waals surface area contributed by atoms with Crippen molar-refractivity contribution in [3.05, 3.63) is 35.6 Å². The minimum Gasteiger partial charge on any atom is -0.461 e. The first-order chi connectivity index (χ1) is 9.63. The molecule has 1 aliphatic heterocycles. The Kier molecular flexibility index (Phi) is 3.18. The molecule has 0 unspecified atom stereocenters. The fourth-order valence-electron chi connectivity index (χ4n) is 2.51. The van der Waals surface area contributed by atoms with Crippen LogP contribution in [0, 0.1) is 6.92 Å². The van der Waals surface area contributed by atoms with Crippen LogP contribution in [0.4, 0.5) is 0 Å². The Morgan fingerprint density at radius 3 is 3.10 bits per heavy atom. The van der Waals surface area contributed by atoms with Gasteiger partial charge in [-0.2, -0.15) is 0 Å². The highest BCUT2D eigenvalue weighted by Crippen LogP contribution is 2.22. The number of amides is 2. The van der Waals surface area contributed by atoms with E-state index in [2.05, 4.69) is 10.6 Å². The number of furan rings is 1. The van der Waals surface area contributed by atoms with Crippen LogP contribution < -0.4 is 10.6 Å². The van der Waals surface area contributed by atoms with E-state index in [1.165, 1.54) is 0 Å². The van der Waals surface area contributed by atoms with Crippen molar-refractivity contribution in [1.29, 1.82) is 0 Å². The minimum atomic E-state index is -0.175. The standard InChI is InChI=1S/C15H16N2O3/c1-9-7-10-3-2-4-12(14(10)20-9)15(19)16-8-11-5-6-13(18)17-11/h2-4,7,11H,5-6,8H2,1H3,(H,16,19)(H,17,18)/t11-/m1/s1. The maximum atomic E-state index is 12.2. The van der Waals surface area contributed by atoms with Crippen molar-refractivity contribution in [2.24, 2.45) is 0 Å². The predicted octanol–water partition coefficient (Wildman–Crippen LogP) is 1.75. The Labute approximate surface area is 116 Å². The Balaban J connectivity index is 1.74. The molecule has 1 atom stereocenters. The van der Waals surface area contributed by atoms with Gasteiger partial charge in [0.25, 0.3) is 5.91 Å². The molecular formula is C15H16N2O3. The first-order valence-electron chi connectivity index (χ1n) is 6.70. The van der Waals surface area contributed by atoms with Gasteiger partial charge in [-0.3, -0.25) is 9.59 Å². The van der Waals surface area contributed by atoms with E-state index in [1.54, 1.807) is 6.07 Å². The molecule has 0 spiro atoms. The third-order valence-electron chi connectivity index (χ3n) is 3.51. The van der Waals surface area contributed by atoms with E-state index in [9.17, 15) is 9.59 Å². The van der Waals surface area contributed by atoms with Crippen molar-refractivity contribution in [3.8, 4) is 0 Å². The van der Waals surface area contributed by atoms with Crippen molar-refractivity contribution in [2.45, 2.75) is 25.8 Å². The van der Waals surface area contributed by atoms with Crippen molar-refractivity contribution in [3.63, 3.8) is 0 Å². The zero-order chi connectivity index (χ0) is 14.1. The largest absolute Gasteiger partial charge is 0.461 e. The lowest BCUT2D eigenvalue weighted by Crippen LogP contribution is -2.38. The highest BCUT2D eigenvalue weighted by Gasteiger charge is 2.21. The Morgan fingerprint density at radius 2 is 2.35 bits per heavy atom. The number of carbonyl (C=O) groups is 2. The molecule has 3 rings (SSSR count). The van der Waals surface area contributed by atoms with Crippen LogP contribution in [-0.4, -0.2) is 24.4 Å². The number of nitrogens with one attached hydrogen (secondary N) is 2. The number of para-hydroxylation sites is 1. The number of benzene rings is 1. The summed E-state index contributed by atoms with van der Waals surface area (Å²) in [5.41, 5.74) is 1.14. The molecule has 0 saturated carbocycles. The average molecular weight is 272 g/mol. The summed E-state index contributed by atoms with van der Waals surface area (Å²) in [5, 5.41) is 6.59. The van der Waals surface area contributed by atoms with Crippen LogP contribution in [0.3, 0.4) is 0 Å². The van der Waals surface area contributed by atoms with E-state index in [-0.39, 0.29) is 17.9 Å². The molecule has 1 aromatic heterocycles. The summed E-state index contributed by atoms with van der Waals surface area (Å²) in [4.78, 5) is 23.3. The van der Waals surface area contributed by atoms with E-state index in [4.69, 9.17) is 4.42 Å². The minimum absolute atomic E-state index is 0.0315. The molecule has 0 bridgehead atoms. The average Bonchev–Trinajstić information content (AvgIpc) is 3.00. The van der Waals surface area contributed by atoms with Crippen molar-refractivity contribution in [2.75, 3.05) is 6.54 Å². The van der Waals surface area contributed by atoms with E-state index < -0.39 is 0 Å². The second-order valence-electron chi connectivity index (χ2n) is 5.09. The van der Waals surface area contributed by atoms with Gasteiger partial charge in [0.15, 0.2) is 0 Å². The van der Waals surface area contributed by atoms with E-state index in [0.717, 1.165) is 17.6 Å². The molecule has 1 aliphatic rings. The molecule has 2 heterocycles. The Hall–Kier alpha value is -2.30. The second kappa shape index (κ2) is 5.00. The lowest BCUT2D eigenvalue weighted by Gasteiger charge is -2.11. The first-order valence-corrected chi connectivity index (χ1v) is 6.70.